The summed E-state index contributed by atoms with van der Waals surface area (Å²) in [5.74, 6) is -0.169. The SMILES string of the molecule is C=CCN(C)CC1CC(c2ccc(CO)cc2)OC(c2ccc(CNC(=O)CCCCC(=O)Nc3ccccc3N)cc2)O1. The number of nitrogens with two attached hydrogens (primary N) is 1. The van der Waals surface area contributed by atoms with Crippen LogP contribution >= 0.6 is 0 Å². The van der Waals surface area contributed by atoms with Crippen molar-refractivity contribution >= 4 is 23.2 Å². The number of unbranched alkanes of at least 4 members (excludes halogenated alkanes) is 1. The van der Waals surface area contributed by atoms with Gasteiger partial charge in [0.2, 0.25) is 11.8 Å². The predicted molar refractivity (Wildman–Crippen MR) is 172 cm³/mol. The summed E-state index contributed by atoms with van der Waals surface area (Å²) in [5.41, 5.74) is 10.8. The molecule has 3 atom stereocenters. The molecule has 234 valence electrons. The molecule has 3 unspecified atom stereocenters. The second kappa shape index (κ2) is 16.7. The average Bonchev–Trinajstić information content (AvgIpc) is 3.03. The minimum atomic E-state index is -0.535. The topological polar surface area (TPSA) is 126 Å². The fraction of sp³-hybridized carbons (Fsp3) is 0.371. The number of nitrogen functional groups attached to an aromatic ring is 1. The Balaban J connectivity index is 1.25. The number of ether oxygens (including phenoxy) is 2. The minimum Gasteiger partial charge on any atom is -0.397 e. The number of carbonyl (C=O) groups excluding carboxylic acids is 2. The number of aliphatic hydroxyl groups is 1. The molecule has 2 amide bonds. The molecule has 1 aliphatic heterocycles. The van der Waals surface area contributed by atoms with E-state index in [0.29, 0.717) is 50.0 Å². The Kier molecular flexibility index (Phi) is 12.5. The summed E-state index contributed by atoms with van der Waals surface area (Å²) in [4.78, 5) is 26.7. The van der Waals surface area contributed by atoms with E-state index in [4.69, 9.17) is 15.2 Å². The Hall–Kier alpha value is -4.02. The van der Waals surface area contributed by atoms with Crippen LogP contribution in [0.4, 0.5) is 11.4 Å². The molecule has 0 radical (unpaired) electrons. The van der Waals surface area contributed by atoms with Gasteiger partial charge >= 0.3 is 0 Å². The van der Waals surface area contributed by atoms with Gasteiger partial charge in [-0.2, -0.15) is 0 Å². The van der Waals surface area contributed by atoms with Crippen LogP contribution in [0.5, 0.6) is 0 Å². The average molecular weight is 601 g/mol. The summed E-state index contributed by atoms with van der Waals surface area (Å²) in [7, 11) is 2.04. The van der Waals surface area contributed by atoms with Crippen molar-refractivity contribution in [2.75, 3.05) is 31.2 Å². The quantitative estimate of drug-likeness (QED) is 0.107. The van der Waals surface area contributed by atoms with E-state index in [0.717, 1.165) is 35.3 Å². The summed E-state index contributed by atoms with van der Waals surface area (Å²) < 4.78 is 12.8. The lowest BCUT2D eigenvalue weighted by molar-refractivity contribution is -0.252. The van der Waals surface area contributed by atoms with E-state index in [1.165, 1.54) is 0 Å². The number of nitrogens with zero attached hydrogens (tertiary/aromatic N) is 1. The van der Waals surface area contributed by atoms with Crippen molar-refractivity contribution in [3.63, 3.8) is 0 Å². The van der Waals surface area contributed by atoms with Crippen LogP contribution in [0.25, 0.3) is 0 Å². The number of amides is 2. The van der Waals surface area contributed by atoms with Gasteiger partial charge in [-0.25, -0.2) is 0 Å². The highest BCUT2D eigenvalue weighted by Gasteiger charge is 2.32. The van der Waals surface area contributed by atoms with Crippen LogP contribution in [0.1, 0.15) is 66.8 Å². The van der Waals surface area contributed by atoms with Crippen LogP contribution in [0.15, 0.2) is 85.5 Å². The largest absolute Gasteiger partial charge is 0.397 e. The third kappa shape index (κ3) is 10.0. The van der Waals surface area contributed by atoms with Crippen LogP contribution in [0.3, 0.4) is 0 Å². The van der Waals surface area contributed by atoms with Gasteiger partial charge in [0.15, 0.2) is 6.29 Å². The van der Waals surface area contributed by atoms with E-state index in [1.807, 2.05) is 73.8 Å². The van der Waals surface area contributed by atoms with E-state index < -0.39 is 6.29 Å². The van der Waals surface area contributed by atoms with Gasteiger partial charge in [-0.15, -0.1) is 6.58 Å². The molecule has 0 aromatic heterocycles. The maximum absolute atomic E-state index is 12.4. The molecule has 0 spiro atoms. The number of hydrogen-bond acceptors (Lipinski definition) is 7. The maximum Gasteiger partial charge on any atom is 0.224 e. The Morgan fingerprint density at radius 2 is 1.61 bits per heavy atom. The number of aliphatic hydroxyl groups excluding tert-OH is 1. The number of hydrogen-bond donors (Lipinski definition) is 4. The number of nitrogens with one attached hydrogen (secondary N) is 2. The lowest BCUT2D eigenvalue weighted by Crippen LogP contribution is -2.37. The lowest BCUT2D eigenvalue weighted by atomic mass is 9.99. The summed E-state index contributed by atoms with van der Waals surface area (Å²) in [6.07, 6.45) is 3.78. The second-order valence-electron chi connectivity index (χ2n) is 11.2. The molecule has 1 heterocycles. The summed E-state index contributed by atoms with van der Waals surface area (Å²) in [6.45, 7) is 5.76. The minimum absolute atomic E-state index is 0.00346. The van der Waals surface area contributed by atoms with Crippen LogP contribution in [-0.2, 0) is 32.2 Å². The highest BCUT2D eigenvalue weighted by atomic mass is 16.7. The van der Waals surface area contributed by atoms with E-state index in [2.05, 4.69) is 22.1 Å². The molecule has 9 nitrogen and oxygen atoms in total. The van der Waals surface area contributed by atoms with Gasteiger partial charge in [0.1, 0.15) is 0 Å². The lowest BCUT2D eigenvalue weighted by Gasteiger charge is -2.37. The van der Waals surface area contributed by atoms with Crippen molar-refractivity contribution in [1.82, 2.24) is 10.2 Å². The van der Waals surface area contributed by atoms with Gasteiger partial charge in [-0.05, 0) is 48.7 Å². The number of likely N-dealkylation sites (N-methyl/N-ethyl adjacent to an activating group) is 1. The van der Waals surface area contributed by atoms with Crippen molar-refractivity contribution in [1.29, 1.82) is 0 Å². The molecule has 4 rings (SSSR count). The van der Waals surface area contributed by atoms with Gasteiger partial charge < -0.3 is 35.8 Å². The number of para-hydroxylation sites is 2. The third-order valence-electron chi connectivity index (χ3n) is 7.61. The molecule has 0 aliphatic carbocycles. The molecular formula is C35H44N4O5. The van der Waals surface area contributed by atoms with Crippen molar-refractivity contribution in [3.05, 3.63) is 108 Å². The molecular weight excluding hydrogens is 556 g/mol. The molecule has 1 saturated heterocycles. The third-order valence-corrected chi connectivity index (χ3v) is 7.61. The zero-order valence-corrected chi connectivity index (χ0v) is 25.4. The molecule has 1 aliphatic rings. The van der Waals surface area contributed by atoms with Crippen LogP contribution in [0, 0.1) is 0 Å². The van der Waals surface area contributed by atoms with Crippen LogP contribution in [0.2, 0.25) is 0 Å². The zero-order valence-electron chi connectivity index (χ0n) is 25.4. The Bertz CT molecular complexity index is 1360. The highest BCUT2D eigenvalue weighted by Crippen LogP contribution is 2.38. The first-order valence-corrected chi connectivity index (χ1v) is 15.1. The summed E-state index contributed by atoms with van der Waals surface area (Å²) in [5, 5.41) is 15.2. The summed E-state index contributed by atoms with van der Waals surface area (Å²) in [6, 6.07) is 22.9. The number of anilines is 2. The molecule has 0 saturated carbocycles. The van der Waals surface area contributed by atoms with Gasteiger partial charge in [0, 0.05) is 44.5 Å². The predicted octanol–water partition coefficient (Wildman–Crippen LogP) is 5.24. The molecule has 1 fully saturated rings. The monoisotopic (exact) mass is 600 g/mol. The van der Waals surface area contributed by atoms with E-state index >= 15 is 0 Å². The van der Waals surface area contributed by atoms with E-state index in [9.17, 15) is 14.7 Å². The van der Waals surface area contributed by atoms with Crippen molar-refractivity contribution < 1.29 is 24.2 Å². The van der Waals surface area contributed by atoms with Gasteiger partial charge in [-0.3, -0.25) is 9.59 Å². The van der Waals surface area contributed by atoms with Crippen molar-refractivity contribution in [2.45, 2.75) is 63.8 Å². The number of rotatable bonds is 15. The zero-order chi connectivity index (χ0) is 31.3. The fourth-order valence-corrected chi connectivity index (χ4v) is 5.15. The molecule has 3 aromatic rings. The Labute approximate surface area is 260 Å². The highest BCUT2D eigenvalue weighted by molar-refractivity contribution is 5.93. The number of benzene rings is 3. The molecule has 9 heteroatoms. The Morgan fingerprint density at radius 3 is 2.30 bits per heavy atom. The molecule has 3 aromatic carbocycles. The first-order valence-electron chi connectivity index (χ1n) is 15.1. The van der Waals surface area contributed by atoms with Crippen LogP contribution < -0.4 is 16.4 Å². The molecule has 0 bridgehead atoms. The summed E-state index contributed by atoms with van der Waals surface area (Å²) >= 11 is 0. The first-order chi connectivity index (χ1) is 21.3. The van der Waals surface area contributed by atoms with Gasteiger partial charge in [0.25, 0.3) is 0 Å². The number of carbonyl (C=O) groups is 2. The first kappa shape index (κ1) is 32.9. The van der Waals surface area contributed by atoms with Crippen molar-refractivity contribution in [3.8, 4) is 0 Å². The molecule has 5 N–H and O–H groups in total. The fourth-order valence-electron chi connectivity index (χ4n) is 5.15. The van der Waals surface area contributed by atoms with Crippen LogP contribution in [-0.4, -0.2) is 48.1 Å². The molecule has 44 heavy (non-hydrogen) atoms. The smallest absolute Gasteiger partial charge is 0.224 e. The normalized spacial score (nSPS) is 18.1. The van der Waals surface area contributed by atoms with E-state index in [1.54, 1.807) is 12.1 Å². The Morgan fingerprint density at radius 1 is 0.955 bits per heavy atom. The maximum atomic E-state index is 12.4. The van der Waals surface area contributed by atoms with Crippen molar-refractivity contribution in [2.24, 2.45) is 0 Å². The second-order valence-corrected chi connectivity index (χ2v) is 11.2. The van der Waals surface area contributed by atoms with Gasteiger partial charge in [-0.1, -0.05) is 66.7 Å². The van der Waals surface area contributed by atoms with E-state index in [-0.39, 0.29) is 30.6 Å². The van der Waals surface area contributed by atoms with Gasteiger partial charge in [0.05, 0.1) is 30.2 Å². The standard InChI is InChI=1S/C35H44N4O5/c1-3-20-39(2)23-29-21-32(27-16-14-26(24-40)15-17-27)44-35(43-29)28-18-12-25(13-19-28)22-37-33(41)10-6-7-11-34(42)38-31-9-5-4-8-30(31)36/h3-5,8-9,12-19,29,32,35,40H,1,6-7,10-11,20-24,36H2,2H3,(H,37,41)(H,38,42).